The van der Waals surface area contributed by atoms with E-state index in [0.29, 0.717) is 36.1 Å². The second-order valence-corrected chi connectivity index (χ2v) is 21.0. The molecule has 0 radical (unpaired) electrons. The van der Waals surface area contributed by atoms with E-state index in [2.05, 4.69) is 16.0 Å². The number of anilines is 1. The normalized spacial score (nSPS) is 26.2. The van der Waals surface area contributed by atoms with Crippen LogP contribution in [0.1, 0.15) is 113 Å². The molecule has 2 saturated heterocycles. The zero-order chi connectivity index (χ0) is 56.5. The number of nitrogens with one attached hydrogen (secondary N) is 3. The molecule has 3 unspecified atom stereocenters. The van der Waals surface area contributed by atoms with E-state index in [0.717, 1.165) is 0 Å². The molecule has 76 heavy (non-hydrogen) atoms. The average Bonchev–Trinajstić information content (AvgIpc) is 4.12. The van der Waals surface area contributed by atoms with Crippen molar-refractivity contribution < 1.29 is 72.6 Å². The van der Waals surface area contributed by atoms with Crippen molar-refractivity contribution in [2.75, 3.05) is 38.0 Å². The minimum absolute atomic E-state index is 0.00709. The van der Waals surface area contributed by atoms with E-state index in [1.807, 2.05) is 13.8 Å². The number of hydrogen-bond acceptors (Lipinski definition) is 16. The maximum atomic E-state index is 13.9. The zero-order valence-electron chi connectivity index (χ0n) is 45.5. The number of allylic oxidation sites excluding steroid dienone is 2. The van der Waals surface area contributed by atoms with Crippen LogP contribution in [-0.4, -0.2) is 160 Å². The number of nitrogens with two attached hydrogens (primary N) is 2. The van der Waals surface area contributed by atoms with Gasteiger partial charge in [0.2, 0.25) is 11.8 Å². The van der Waals surface area contributed by atoms with E-state index in [9.17, 15) is 48.9 Å². The first-order valence-corrected chi connectivity index (χ1v) is 26.3. The number of esters is 2. The number of primary amides is 1. The van der Waals surface area contributed by atoms with Crippen molar-refractivity contribution >= 4 is 47.7 Å². The smallest absolute Gasteiger partial charge is 0.410 e. The highest BCUT2D eigenvalue weighted by molar-refractivity contribution is 5.97. The molecule has 22 heteroatoms. The Morgan fingerprint density at radius 3 is 2.25 bits per heavy atom. The number of rotatable bonds is 21. The Bertz CT molecular complexity index is 2230. The first-order chi connectivity index (χ1) is 35.7. The van der Waals surface area contributed by atoms with Gasteiger partial charge in [-0.25, -0.2) is 14.4 Å². The van der Waals surface area contributed by atoms with Gasteiger partial charge in [0.05, 0.1) is 42.5 Å². The minimum atomic E-state index is -1.48. The average molecular weight is 1070 g/mol. The molecule has 0 aromatic heterocycles. The van der Waals surface area contributed by atoms with Gasteiger partial charge in [-0.1, -0.05) is 71.1 Å². The van der Waals surface area contributed by atoms with E-state index in [1.54, 1.807) is 96.2 Å². The number of urea groups is 1. The van der Waals surface area contributed by atoms with Crippen molar-refractivity contribution in [3.05, 3.63) is 65.8 Å². The van der Waals surface area contributed by atoms with Gasteiger partial charge in [0.25, 0.3) is 0 Å². The number of hydrogen-bond donors (Lipinski definition) is 8. The number of carbonyl (C=O) groups is 7. The van der Waals surface area contributed by atoms with Crippen molar-refractivity contribution in [3.63, 3.8) is 0 Å². The van der Waals surface area contributed by atoms with Crippen molar-refractivity contribution in [1.29, 1.82) is 0 Å². The molecule has 3 aliphatic heterocycles. The summed E-state index contributed by atoms with van der Waals surface area (Å²) in [6.07, 6.45) is 4.03. The zero-order valence-corrected chi connectivity index (χ0v) is 45.5. The summed E-state index contributed by atoms with van der Waals surface area (Å²) in [5.41, 5.74) is 10.1. The largest absolute Gasteiger partial charge is 0.457 e. The van der Waals surface area contributed by atoms with Crippen molar-refractivity contribution in [1.82, 2.24) is 20.4 Å². The summed E-state index contributed by atoms with van der Waals surface area (Å²) in [4.78, 5) is 92.8. The molecule has 10 N–H and O–H groups in total. The van der Waals surface area contributed by atoms with E-state index >= 15 is 0 Å². The van der Waals surface area contributed by atoms with Gasteiger partial charge in [0, 0.05) is 63.6 Å². The molecular formula is C54H83N7O15. The van der Waals surface area contributed by atoms with Crippen LogP contribution in [0.15, 0.2) is 60.2 Å². The number of epoxide rings is 1. The highest BCUT2D eigenvalue weighted by Crippen LogP contribution is 2.38. The number of amides is 6. The van der Waals surface area contributed by atoms with Crippen LogP contribution in [0.3, 0.4) is 0 Å². The van der Waals surface area contributed by atoms with Gasteiger partial charge in [-0.05, 0) is 88.1 Å². The van der Waals surface area contributed by atoms with Crippen LogP contribution in [-0.2, 0) is 49.5 Å². The fraction of sp³-hybridized carbons (Fsp3) is 0.648. The highest BCUT2D eigenvalue weighted by atomic mass is 16.6. The van der Waals surface area contributed by atoms with E-state index < -0.39 is 95.6 Å². The van der Waals surface area contributed by atoms with Crippen LogP contribution in [0, 0.1) is 17.8 Å². The predicted molar refractivity (Wildman–Crippen MR) is 281 cm³/mol. The lowest BCUT2D eigenvalue weighted by molar-refractivity contribution is -0.168. The third-order valence-corrected chi connectivity index (χ3v) is 14.0. The van der Waals surface area contributed by atoms with Gasteiger partial charge in [0.15, 0.2) is 6.10 Å². The van der Waals surface area contributed by atoms with Crippen LogP contribution in [0.2, 0.25) is 0 Å². The lowest BCUT2D eigenvalue weighted by Crippen LogP contribution is -2.53. The van der Waals surface area contributed by atoms with Crippen LogP contribution in [0.5, 0.6) is 0 Å². The molecule has 0 saturated carbocycles. The number of aliphatic hydroxyl groups is 3. The van der Waals surface area contributed by atoms with Crippen LogP contribution >= 0.6 is 0 Å². The minimum Gasteiger partial charge on any atom is -0.457 e. The van der Waals surface area contributed by atoms with E-state index in [4.69, 9.17) is 35.2 Å². The second kappa shape index (κ2) is 28.9. The van der Waals surface area contributed by atoms with Crippen LogP contribution in [0.25, 0.3) is 0 Å². The number of ether oxygens (including phenoxy) is 5. The molecule has 4 rings (SSSR count). The predicted octanol–water partition coefficient (Wildman–Crippen LogP) is 4.09. The van der Waals surface area contributed by atoms with Crippen molar-refractivity contribution in [2.45, 2.75) is 174 Å². The van der Waals surface area contributed by atoms with Gasteiger partial charge in [-0.3, -0.25) is 19.2 Å². The lowest BCUT2D eigenvalue weighted by atomic mass is 9.88. The molecular weight excluding hydrogens is 987 g/mol. The lowest BCUT2D eigenvalue weighted by Gasteiger charge is -2.38. The summed E-state index contributed by atoms with van der Waals surface area (Å²) < 4.78 is 29.2. The van der Waals surface area contributed by atoms with Crippen molar-refractivity contribution in [2.24, 2.45) is 29.2 Å². The molecule has 0 bridgehead atoms. The Balaban J connectivity index is 1.37. The molecule has 2 fully saturated rings. The molecule has 1 aromatic carbocycles. The molecule has 0 spiro atoms. The summed E-state index contributed by atoms with van der Waals surface area (Å²) in [7, 11) is 0. The molecule has 6 amide bonds. The summed E-state index contributed by atoms with van der Waals surface area (Å²) in [6, 6.07) is 4.08. The Hall–Kier alpha value is -6.07. The molecule has 12 atom stereocenters. The molecule has 3 heterocycles. The third kappa shape index (κ3) is 19.8. The Kier molecular flexibility index (Phi) is 23.7. The second-order valence-electron chi connectivity index (χ2n) is 21.0. The topological polar surface area (TPSA) is 324 Å². The van der Waals surface area contributed by atoms with Crippen LogP contribution in [0.4, 0.5) is 20.1 Å². The van der Waals surface area contributed by atoms with Crippen molar-refractivity contribution in [3.8, 4) is 0 Å². The first-order valence-electron chi connectivity index (χ1n) is 26.3. The molecule has 1 aromatic rings. The standard InChI is InChI=1S/C54H83N7O15/c1-10-41(64)35(6)47-42(73-47)30-53(8,71)22-11-13-33(4)46-34(5)15-20-43(54(9,76-36(7)62)23-21-39(63)29-44(65)75-46)74-52(70)61-27-25-60(26-28-61)51(69)72-31-37-16-18-38(19-17-37)58-48(66)40(14-12-24-57-50(56)68)59-49(67)45(55)32(2)3/h11,13,15-20,22,32,34-35,39-43,45-47,63-64,71H,10,12,14,21,23-31,55H2,1-9H3,(H,58,66)(H,59,67)(H3,56,57,68)/b20-15+,22-11+,33-13+/t34-,35+,39+,40?,41-,42+,43-,45?,46+,47+,53?,54+/m0/s1. The number of carbonyl (C=O) groups excluding carboxylic acids is 7. The van der Waals surface area contributed by atoms with Gasteiger partial charge in [-0.15, -0.1) is 0 Å². The summed E-state index contributed by atoms with van der Waals surface area (Å²) >= 11 is 0. The number of benzene rings is 1. The Morgan fingerprint density at radius 2 is 1.64 bits per heavy atom. The van der Waals surface area contributed by atoms with Gasteiger partial charge >= 0.3 is 30.2 Å². The number of aliphatic hydroxyl groups excluding tert-OH is 2. The van der Waals surface area contributed by atoms with E-state index in [1.165, 1.54) is 16.7 Å². The maximum absolute atomic E-state index is 13.9. The maximum Gasteiger partial charge on any atom is 0.410 e. The number of cyclic esters (lactones) is 1. The SMILES string of the molecule is CC[C@H](O)[C@@H](C)[C@H]1O[C@@H]1CC(C)(O)/C=C/C=C(\C)[C@H]1OC(=O)C[C@H](O)CC[C@@](C)(OC(C)=O)[C@@H](OC(=O)N2CCN(C(=O)OCc3ccc(NC(=O)C(CCCNC(N)=O)NC(=O)C(N)C(C)C)cc3)CC2)/C=C/[C@@H]1C. The fourth-order valence-electron chi connectivity index (χ4n) is 8.99. The number of nitrogens with zero attached hydrogens (tertiary/aromatic N) is 2. The van der Waals surface area contributed by atoms with Gasteiger partial charge in [0.1, 0.15) is 24.4 Å². The summed E-state index contributed by atoms with van der Waals surface area (Å²) in [5.74, 6) is -3.05. The third-order valence-electron chi connectivity index (χ3n) is 14.0. The van der Waals surface area contributed by atoms with Gasteiger partial charge in [-0.2, -0.15) is 0 Å². The Labute approximate surface area is 446 Å². The summed E-state index contributed by atoms with van der Waals surface area (Å²) in [5, 5.41) is 40.3. The molecule has 22 nitrogen and oxygen atoms in total. The van der Waals surface area contributed by atoms with Crippen LogP contribution < -0.4 is 27.4 Å². The summed E-state index contributed by atoms with van der Waals surface area (Å²) in [6.45, 7) is 15.9. The quantitative estimate of drug-likeness (QED) is 0.0215. The monoisotopic (exact) mass is 1070 g/mol. The number of piperazine rings is 1. The first kappa shape index (κ1) is 62.5. The van der Waals surface area contributed by atoms with E-state index in [-0.39, 0.29) is 89.1 Å². The molecule has 0 aliphatic carbocycles. The van der Waals surface area contributed by atoms with Gasteiger partial charge < -0.3 is 76.2 Å². The Morgan fingerprint density at radius 1 is 1.00 bits per heavy atom. The highest BCUT2D eigenvalue weighted by Gasteiger charge is 2.47. The molecule has 424 valence electrons. The molecule has 3 aliphatic rings. The fourth-order valence-corrected chi connectivity index (χ4v) is 8.99.